The van der Waals surface area contributed by atoms with E-state index in [1.807, 2.05) is 0 Å². The van der Waals surface area contributed by atoms with Crippen LogP contribution in [0.3, 0.4) is 0 Å². The minimum atomic E-state index is -3.95. The van der Waals surface area contributed by atoms with Crippen molar-refractivity contribution < 1.29 is 21.8 Å². The van der Waals surface area contributed by atoms with Gasteiger partial charge in [0.15, 0.2) is 0 Å². The number of rotatable bonds is 6. The van der Waals surface area contributed by atoms with Crippen molar-refractivity contribution in [2.45, 2.75) is 44.6 Å². The van der Waals surface area contributed by atoms with E-state index >= 15 is 0 Å². The molecule has 1 aliphatic heterocycles. The van der Waals surface area contributed by atoms with Crippen LogP contribution in [0.5, 0.6) is 0 Å². The normalized spacial score (nSPS) is 17.3. The Hall–Kier alpha value is -1.56. The number of hydrogen-bond acceptors (Lipinski definition) is 6. The van der Waals surface area contributed by atoms with Crippen LogP contribution in [0.2, 0.25) is 0 Å². The minimum absolute atomic E-state index is 0.00947. The van der Waals surface area contributed by atoms with Crippen molar-refractivity contribution in [1.29, 1.82) is 0 Å². The Morgan fingerprint density at radius 2 is 1.77 bits per heavy atom. The summed E-state index contributed by atoms with van der Waals surface area (Å²) in [7, 11) is -7.24. The van der Waals surface area contributed by atoms with Gasteiger partial charge in [0.1, 0.15) is 0 Å². The van der Waals surface area contributed by atoms with Crippen molar-refractivity contribution in [2.75, 3.05) is 18.8 Å². The summed E-state index contributed by atoms with van der Waals surface area (Å²) >= 11 is 0. The van der Waals surface area contributed by atoms with Gasteiger partial charge in [0.05, 0.1) is 15.6 Å². The molecule has 11 heteroatoms. The topological polar surface area (TPSA) is 127 Å². The minimum Gasteiger partial charge on any atom is -0.258 e. The highest BCUT2D eigenvalue weighted by Crippen LogP contribution is 2.26. The first kappa shape index (κ1) is 20.7. The quantitative estimate of drug-likeness (QED) is 0.561. The highest BCUT2D eigenvalue weighted by atomic mass is 32.2. The fourth-order valence-corrected chi connectivity index (χ4v) is 5.68. The molecular formula is C15H23N3O6S2. The first-order valence-electron chi connectivity index (χ1n) is 8.23. The van der Waals surface area contributed by atoms with E-state index in [0.29, 0.717) is 24.0 Å². The van der Waals surface area contributed by atoms with Gasteiger partial charge in [-0.1, -0.05) is 0 Å². The van der Waals surface area contributed by atoms with Crippen LogP contribution in [0.25, 0.3) is 0 Å². The van der Waals surface area contributed by atoms with Crippen LogP contribution in [0.4, 0.5) is 5.69 Å². The van der Waals surface area contributed by atoms with E-state index in [0.717, 1.165) is 6.07 Å². The van der Waals surface area contributed by atoms with Crippen LogP contribution < -0.4 is 4.72 Å². The molecule has 0 atom stereocenters. The van der Waals surface area contributed by atoms with Gasteiger partial charge in [0, 0.05) is 31.3 Å². The van der Waals surface area contributed by atoms with Crippen LogP contribution in [0.1, 0.15) is 30.9 Å². The second-order valence-corrected chi connectivity index (χ2v) is 10.3. The van der Waals surface area contributed by atoms with E-state index in [9.17, 15) is 26.9 Å². The average Bonchev–Trinajstić information content (AvgIpc) is 2.56. The van der Waals surface area contributed by atoms with Crippen LogP contribution in [-0.2, 0) is 20.0 Å². The summed E-state index contributed by atoms with van der Waals surface area (Å²) in [4.78, 5) is 10.3. The molecule has 2 rings (SSSR count). The second kappa shape index (κ2) is 7.59. The Morgan fingerprint density at radius 3 is 2.27 bits per heavy atom. The third-order valence-corrected chi connectivity index (χ3v) is 8.17. The molecule has 1 saturated heterocycles. The molecular weight excluding hydrogens is 382 g/mol. The second-order valence-electron chi connectivity index (χ2n) is 6.34. The lowest BCUT2D eigenvalue weighted by Crippen LogP contribution is -2.46. The van der Waals surface area contributed by atoms with Crippen molar-refractivity contribution in [3.05, 3.63) is 33.4 Å². The van der Waals surface area contributed by atoms with E-state index in [4.69, 9.17) is 0 Å². The molecule has 1 heterocycles. The number of nitro benzene ring substituents is 1. The van der Waals surface area contributed by atoms with Gasteiger partial charge in [-0.25, -0.2) is 25.9 Å². The number of nitro groups is 1. The third-order valence-electron chi connectivity index (χ3n) is 4.64. The Labute approximate surface area is 153 Å². The van der Waals surface area contributed by atoms with Crippen molar-refractivity contribution in [3.63, 3.8) is 0 Å². The smallest absolute Gasteiger partial charge is 0.258 e. The fraction of sp³-hybridized carbons (Fsp3) is 0.600. The molecule has 26 heavy (non-hydrogen) atoms. The van der Waals surface area contributed by atoms with E-state index in [-0.39, 0.29) is 29.4 Å². The van der Waals surface area contributed by atoms with Crippen LogP contribution in [-0.4, -0.2) is 50.9 Å². The van der Waals surface area contributed by atoms with Gasteiger partial charge in [-0.3, -0.25) is 10.1 Å². The molecule has 1 aromatic rings. The number of piperidine rings is 1. The summed E-state index contributed by atoms with van der Waals surface area (Å²) in [6, 6.07) is 1.98. The van der Waals surface area contributed by atoms with Gasteiger partial charge in [0.2, 0.25) is 20.0 Å². The van der Waals surface area contributed by atoms with E-state index in [1.165, 1.54) is 10.4 Å². The number of aryl methyl sites for hydroxylation is 1. The van der Waals surface area contributed by atoms with Crippen LogP contribution in [0, 0.1) is 24.0 Å². The number of benzene rings is 1. The average molecular weight is 405 g/mol. The van der Waals surface area contributed by atoms with Crippen molar-refractivity contribution >= 4 is 25.7 Å². The van der Waals surface area contributed by atoms with Gasteiger partial charge >= 0.3 is 0 Å². The summed E-state index contributed by atoms with van der Waals surface area (Å²) in [5.74, 6) is 0.00947. The SMILES string of the molecule is CCS(=O)(=O)N1CCC(NS(=O)(=O)c2cc([N+](=O)[O-])cc(C)c2C)CC1. The number of non-ortho nitro benzene ring substituents is 1. The van der Waals surface area contributed by atoms with E-state index in [2.05, 4.69) is 4.72 Å². The molecule has 0 aromatic heterocycles. The number of nitrogens with zero attached hydrogens (tertiary/aromatic N) is 2. The molecule has 146 valence electrons. The van der Waals surface area contributed by atoms with Gasteiger partial charge in [-0.2, -0.15) is 0 Å². The van der Waals surface area contributed by atoms with Crippen LogP contribution >= 0.6 is 0 Å². The number of nitrogens with one attached hydrogen (secondary N) is 1. The molecule has 0 amide bonds. The summed E-state index contributed by atoms with van der Waals surface area (Å²) in [6.45, 7) is 5.28. The van der Waals surface area contributed by atoms with Gasteiger partial charge in [0.25, 0.3) is 5.69 Å². The Bertz CT molecular complexity index is 904. The zero-order chi connectivity index (χ0) is 19.7. The fourth-order valence-electron chi connectivity index (χ4n) is 2.91. The van der Waals surface area contributed by atoms with Crippen molar-refractivity contribution in [2.24, 2.45) is 0 Å². The van der Waals surface area contributed by atoms with Gasteiger partial charge in [-0.15, -0.1) is 0 Å². The predicted octanol–water partition coefficient (Wildman–Crippen LogP) is 1.30. The molecule has 0 unspecified atom stereocenters. The maximum absolute atomic E-state index is 12.7. The lowest BCUT2D eigenvalue weighted by Gasteiger charge is -2.31. The molecule has 1 fully saturated rings. The molecule has 1 aromatic carbocycles. The van der Waals surface area contributed by atoms with Gasteiger partial charge < -0.3 is 0 Å². The van der Waals surface area contributed by atoms with Gasteiger partial charge in [-0.05, 0) is 44.7 Å². The van der Waals surface area contributed by atoms with Crippen LogP contribution in [0.15, 0.2) is 17.0 Å². The maximum Gasteiger partial charge on any atom is 0.271 e. The molecule has 9 nitrogen and oxygen atoms in total. The Morgan fingerprint density at radius 1 is 1.19 bits per heavy atom. The first-order valence-corrected chi connectivity index (χ1v) is 11.3. The number of hydrogen-bond donors (Lipinski definition) is 1. The zero-order valence-electron chi connectivity index (χ0n) is 14.9. The Kier molecular flexibility index (Phi) is 6.06. The molecule has 0 bridgehead atoms. The monoisotopic (exact) mass is 405 g/mol. The van der Waals surface area contributed by atoms with E-state index < -0.39 is 31.0 Å². The lowest BCUT2D eigenvalue weighted by atomic mass is 10.1. The summed E-state index contributed by atoms with van der Waals surface area (Å²) in [5.41, 5.74) is 0.690. The molecule has 0 radical (unpaired) electrons. The molecule has 0 saturated carbocycles. The first-order chi connectivity index (χ1) is 12.0. The summed E-state index contributed by atoms with van der Waals surface area (Å²) < 4.78 is 53.1. The highest BCUT2D eigenvalue weighted by molar-refractivity contribution is 7.89. The maximum atomic E-state index is 12.7. The largest absolute Gasteiger partial charge is 0.271 e. The molecule has 0 aliphatic carbocycles. The molecule has 0 spiro atoms. The summed E-state index contributed by atoms with van der Waals surface area (Å²) in [6.07, 6.45) is 0.705. The summed E-state index contributed by atoms with van der Waals surface area (Å²) in [5, 5.41) is 11.0. The van der Waals surface area contributed by atoms with E-state index in [1.54, 1.807) is 20.8 Å². The molecule has 1 N–H and O–H groups in total. The predicted molar refractivity (Wildman–Crippen MR) is 96.9 cm³/mol. The number of sulfonamides is 2. The zero-order valence-corrected chi connectivity index (χ0v) is 16.6. The highest BCUT2D eigenvalue weighted by Gasteiger charge is 2.30. The van der Waals surface area contributed by atoms with Crippen molar-refractivity contribution in [1.82, 2.24) is 9.03 Å². The Balaban J connectivity index is 2.19. The standard InChI is InChI=1S/C15H23N3O6S2/c1-4-25(21,22)17-7-5-13(6-8-17)16-26(23,24)15-10-14(18(19)20)9-11(2)12(15)3/h9-10,13,16H,4-8H2,1-3H3. The van der Waals surface area contributed by atoms with Crippen molar-refractivity contribution in [3.8, 4) is 0 Å². The third kappa shape index (κ3) is 4.40. The molecule has 1 aliphatic rings. The lowest BCUT2D eigenvalue weighted by molar-refractivity contribution is -0.385.